The molecule has 0 aliphatic heterocycles. The molecule has 0 fully saturated rings. The number of hydroxylamine groups is 1. The van der Waals surface area contributed by atoms with Crippen LogP contribution in [-0.2, 0) is 21.0 Å². The molecule has 0 saturated heterocycles. The van der Waals surface area contributed by atoms with Crippen LogP contribution in [0.3, 0.4) is 0 Å². The second-order valence-corrected chi connectivity index (χ2v) is 6.56. The van der Waals surface area contributed by atoms with Gasteiger partial charge < -0.3 is 0 Å². The second-order valence-electron chi connectivity index (χ2n) is 4.84. The Morgan fingerprint density at radius 2 is 1.68 bits per heavy atom. The van der Waals surface area contributed by atoms with Gasteiger partial charge in [-0.3, -0.25) is 10.0 Å². The van der Waals surface area contributed by atoms with Gasteiger partial charge in [-0.2, -0.15) is 17.9 Å². The molecular weight excluding hydrogens is 325 g/mol. The fourth-order valence-electron chi connectivity index (χ4n) is 1.62. The summed E-state index contributed by atoms with van der Waals surface area (Å²) in [5, 5.41) is 8.59. The van der Waals surface area contributed by atoms with E-state index in [1.165, 1.54) is 19.3 Å². The summed E-state index contributed by atoms with van der Waals surface area (Å²) in [5.74, 6) is -1.46. The quantitative estimate of drug-likeness (QED) is 0.559. The van der Waals surface area contributed by atoms with Gasteiger partial charge >= 0.3 is 6.18 Å². The fourth-order valence-corrected chi connectivity index (χ4v) is 2.96. The van der Waals surface area contributed by atoms with Crippen LogP contribution < -0.4 is 10.2 Å². The van der Waals surface area contributed by atoms with E-state index in [1.807, 2.05) is 4.72 Å². The first-order valence-corrected chi connectivity index (χ1v) is 7.61. The monoisotopic (exact) mass is 340 g/mol. The summed E-state index contributed by atoms with van der Waals surface area (Å²) in [4.78, 5) is 11.0. The standard InChI is InChI=1S/C12H15F3N2O4S/c1-7(2)10(11(18)16-19)17-22(20,21)9-5-3-8(4-6-9)12(13,14)15/h3-7,10,17,19H,1-2H3,(H,16,18)/t10-/m1/s1. The molecule has 0 radical (unpaired) electrons. The van der Waals surface area contributed by atoms with E-state index in [9.17, 15) is 26.4 Å². The fraction of sp³-hybridized carbons (Fsp3) is 0.417. The molecule has 1 aromatic carbocycles. The summed E-state index contributed by atoms with van der Waals surface area (Å²) in [5.41, 5.74) is 0.349. The van der Waals surface area contributed by atoms with Gasteiger partial charge in [-0.15, -0.1) is 0 Å². The third kappa shape index (κ3) is 4.42. The Kier molecular flexibility index (Phi) is 5.54. The van der Waals surface area contributed by atoms with Crippen molar-refractivity contribution < 1.29 is 31.6 Å². The Morgan fingerprint density at radius 3 is 2.05 bits per heavy atom. The van der Waals surface area contributed by atoms with E-state index < -0.39 is 44.5 Å². The van der Waals surface area contributed by atoms with Gasteiger partial charge in [-0.25, -0.2) is 13.9 Å². The molecule has 0 aliphatic carbocycles. The normalized spacial score (nSPS) is 14.0. The van der Waals surface area contributed by atoms with Gasteiger partial charge in [0.05, 0.1) is 10.5 Å². The Labute approximate surface area is 125 Å². The highest BCUT2D eigenvalue weighted by molar-refractivity contribution is 7.89. The van der Waals surface area contributed by atoms with Crippen LogP contribution in [0.4, 0.5) is 13.2 Å². The lowest BCUT2D eigenvalue weighted by atomic mass is 10.1. The number of nitrogens with one attached hydrogen (secondary N) is 2. The van der Waals surface area contributed by atoms with Gasteiger partial charge in [-0.05, 0) is 30.2 Å². The maximum atomic E-state index is 12.4. The van der Waals surface area contributed by atoms with E-state index in [2.05, 4.69) is 0 Å². The van der Waals surface area contributed by atoms with E-state index >= 15 is 0 Å². The van der Waals surface area contributed by atoms with Crippen LogP contribution in [-0.4, -0.2) is 25.6 Å². The molecule has 1 atom stereocenters. The van der Waals surface area contributed by atoms with Gasteiger partial charge in [0.15, 0.2) is 0 Å². The largest absolute Gasteiger partial charge is 0.416 e. The average molecular weight is 340 g/mol. The molecule has 10 heteroatoms. The zero-order chi connectivity index (χ0) is 17.1. The number of alkyl halides is 3. The molecule has 0 aliphatic rings. The van der Waals surface area contributed by atoms with Crippen LogP contribution in [0.1, 0.15) is 19.4 Å². The highest BCUT2D eigenvalue weighted by Gasteiger charge is 2.32. The molecule has 1 aromatic rings. The van der Waals surface area contributed by atoms with Crippen molar-refractivity contribution in [2.24, 2.45) is 5.92 Å². The number of carbonyl (C=O) groups is 1. The SMILES string of the molecule is CC(C)[C@@H](NS(=O)(=O)c1ccc(C(F)(F)F)cc1)C(=O)NO. The zero-order valence-electron chi connectivity index (χ0n) is 11.7. The summed E-state index contributed by atoms with van der Waals surface area (Å²) in [6.45, 7) is 3.07. The van der Waals surface area contributed by atoms with Crippen LogP contribution in [0.5, 0.6) is 0 Å². The molecule has 124 valence electrons. The summed E-state index contributed by atoms with van der Waals surface area (Å²) in [6.07, 6.45) is -4.58. The number of rotatable bonds is 5. The number of sulfonamides is 1. The molecule has 0 saturated carbocycles. The minimum atomic E-state index is -4.58. The molecular formula is C12H15F3N2O4S. The minimum absolute atomic E-state index is 0.420. The lowest BCUT2D eigenvalue weighted by Gasteiger charge is -2.20. The highest BCUT2D eigenvalue weighted by atomic mass is 32.2. The minimum Gasteiger partial charge on any atom is -0.289 e. The molecule has 0 heterocycles. The van der Waals surface area contributed by atoms with Gasteiger partial charge in [0, 0.05) is 0 Å². The first kappa shape index (κ1) is 18.4. The van der Waals surface area contributed by atoms with E-state index in [-0.39, 0.29) is 0 Å². The van der Waals surface area contributed by atoms with E-state index in [1.54, 1.807) is 0 Å². The van der Waals surface area contributed by atoms with Crippen LogP contribution in [0.15, 0.2) is 29.2 Å². The third-order valence-corrected chi connectivity index (χ3v) is 4.29. The molecule has 0 spiro atoms. The molecule has 3 N–H and O–H groups in total. The lowest BCUT2D eigenvalue weighted by Crippen LogP contribution is -2.48. The molecule has 0 unspecified atom stereocenters. The second kappa shape index (κ2) is 6.63. The first-order valence-electron chi connectivity index (χ1n) is 6.12. The smallest absolute Gasteiger partial charge is 0.289 e. The number of amides is 1. The Bertz CT molecular complexity index is 627. The van der Waals surface area contributed by atoms with Crippen LogP contribution in [0.25, 0.3) is 0 Å². The number of hydrogen-bond acceptors (Lipinski definition) is 4. The Hall–Kier alpha value is -1.65. The van der Waals surface area contributed by atoms with Crippen molar-refractivity contribution in [1.29, 1.82) is 0 Å². The molecule has 0 aromatic heterocycles. The zero-order valence-corrected chi connectivity index (χ0v) is 12.5. The van der Waals surface area contributed by atoms with Crippen molar-refractivity contribution in [3.8, 4) is 0 Å². The third-order valence-electron chi connectivity index (χ3n) is 2.83. The van der Waals surface area contributed by atoms with E-state index in [0.29, 0.717) is 12.1 Å². The van der Waals surface area contributed by atoms with E-state index in [4.69, 9.17) is 5.21 Å². The van der Waals surface area contributed by atoms with Crippen LogP contribution in [0.2, 0.25) is 0 Å². The molecule has 1 amide bonds. The van der Waals surface area contributed by atoms with Crippen molar-refractivity contribution in [1.82, 2.24) is 10.2 Å². The maximum Gasteiger partial charge on any atom is 0.416 e. The Morgan fingerprint density at radius 1 is 1.18 bits per heavy atom. The topological polar surface area (TPSA) is 95.5 Å². The lowest BCUT2D eigenvalue weighted by molar-refractivity contribution is -0.137. The number of hydrogen-bond donors (Lipinski definition) is 3. The summed E-state index contributed by atoms with van der Waals surface area (Å²) in [7, 11) is -4.21. The highest BCUT2D eigenvalue weighted by Crippen LogP contribution is 2.29. The van der Waals surface area contributed by atoms with Crippen molar-refractivity contribution in [2.75, 3.05) is 0 Å². The summed E-state index contributed by atoms with van der Waals surface area (Å²) >= 11 is 0. The van der Waals surface area contributed by atoms with Gasteiger partial charge in [0.25, 0.3) is 5.91 Å². The molecule has 1 rings (SSSR count). The van der Waals surface area contributed by atoms with Crippen molar-refractivity contribution in [3.05, 3.63) is 29.8 Å². The first-order chi connectivity index (χ1) is 9.99. The van der Waals surface area contributed by atoms with Crippen molar-refractivity contribution >= 4 is 15.9 Å². The number of carbonyl (C=O) groups excluding carboxylic acids is 1. The molecule has 0 bridgehead atoms. The summed E-state index contributed by atoms with van der Waals surface area (Å²) < 4.78 is 63.5. The maximum absolute atomic E-state index is 12.4. The summed E-state index contributed by atoms with van der Waals surface area (Å²) in [6, 6.07) is 1.58. The predicted octanol–water partition coefficient (Wildman–Crippen LogP) is 1.51. The molecule has 22 heavy (non-hydrogen) atoms. The van der Waals surface area contributed by atoms with Gasteiger partial charge in [-0.1, -0.05) is 13.8 Å². The van der Waals surface area contributed by atoms with Crippen molar-refractivity contribution in [3.63, 3.8) is 0 Å². The van der Waals surface area contributed by atoms with E-state index in [0.717, 1.165) is 12.1 Å². The van der Waals surface area contributed by atoms with Gasteiger partial charge in [0.2, 0.25) is 10.0 Å². The predicted molar refractivity (Wildman–Crippen MR) is 70.3 cm³/mol. The number of benzene rings is 1. The average Bonchev–Trinajstić information content (AvgIpc) is 2.43. The van der Waals surface area contributed by atoms with Crippen molar-refractivity contribution in [2.45, 2.75) is 31.0 Å². The van der Waals surface area contributed by atoms with Gasteiger partial charge in [0.1, 0.15) is 6.04 Å². The van der Waals surface area contributed by atoms with Crippen LogP contribution >= 0.6 is 0 Å². The van der Waals surface area contributed by atoms with Crippen LogP contribution in [0, 0.1) is 5.92 Å². The number of halogens is 3. The molecule has 6 nitrogen and oxygen atoms in total. The Balaban J connectivity index is 3.06.